The van der Waals surface area contributed by atoms with Gasteiger partial charge in [-0.1, -0.05) is 36.4 Å². The summed E-state index contributed by atoms with van der Waals surface area (Å²) in [5, 5.41) is 3.38. The second kappa shape index (κ2) is 12.9. The number of halogens is 2. The fraction of sp³-hybridized carbons (Fsp3) is 0.435. The van der Waals surface area contributed by atoms with Crippen molar-refractivity contribution in [3.63, 3.8) is 0 Å². The van der Waals surface area contributed by atoms with E-state index < -0.39 is 0 Å². The molecule has 0 atom stereocenters. The predicted molar refractivity (Wildman–Crippen MR) is 129 cm³/mol. The van der Waals surface area contributed by atoms with E-state index in [1.807, 2.05) is 18.0 Å². The molecule has 0 radical (unpaired) electrons. The van der Waals surface area contributed by atoms with Gasteiger partial charge >= 0.3 is 0 Å². The Balaban J connectivity index is 0.00000320. The largest absolute Gasteiger partial charge is 0.381 e. The van der Waals surface area contributed by atoms with Crippen LogP contribution in [-0.2, 0) is 29.2 Å². The highest BCUT2D eigenvalue weighted by atomic mass is 127. The number of nitrogens with one attached hydrogen (secondary N) is 1. The van der Waals surface area contributed by atoms with Crippen LogP contribution in [0.15, 0.2) is 53.5 Å². The molecule has 7 heteroatoms. The van der Waals surface area contributed by atoms with Gasteiger partial charge in [0.05, 0.1) is 12.7 Å². The Labute approximate surface area is 195 Å². The number of ether oxygens (including phenoxy) is 2. The molecule has 1 fully saturated rings. The number of aliphatic imine (C=N–C) groups is 1. The minimum absolute atomic E-state index is 0. The van der Waals surface area contributed by atoms with E-state index in [1.54, 1.807) is 19.2 Å². The number of benzene rings is 2. The van der Waals surface area contributed by atoms with Crippen LogP contribution in [0, 0.1) is 5.82 Å². The van der Waals surface area contributed by atoms with Gasteiger partial charge in [-0.2, -0.15) is 0 Å². The van der Waals surface area contributed by atoms with Crippen LogP contribution in [0.5, 0.6) is 0 Å². The molecule has 0 bridgehead atoms. The molecule has 0 spiro atoms. The Morgan fingerprint density at radius 3 is 2.57 bits per heavy atom. The molecule has 164 valence electrons. The molecule has 3 rings (SSSR count). The van der Waals surface area contributed by atoms with Gasteiger partial charge in [0.2, 0.25) is 0 Å². The third kappa shape index (κ3) is 7.85. The Morgan fingerprint density at radius 2 is 1.83 bits per heavy atom. The lowest BCUT2D eigenvalue weighted by Gasteiger charge is -2.23. The summed E-state index contributed by atoms with van der Waals surface area (Å²) in [7, 11) is 3.70. The molecule has 0 aliphatic carbocycles. The zero-order chi connectivity index (χ0) is 20.5. The quantitative estimate of drug-likeness (QED) is 0.331. The molecule has 2 aromatic carbocycles. The summed E-state index contributed by atoms with van der Waals surface area (Å²) < 4.78 is 24.8. The van der Waals surface area contributed by atoms with E-state index in [-0.39, 0.29) is 29.8 Å². The van der Waals surface area contributed by atoms with Crippen molar-refractivity contribution in [3.05, 3.63) is 71.0 Å². The van der Waals surface area contributed by atoms with Crippen molar-refractivity contribution < 1.29 is 13.9 Å². The summed E-state index contributed by atoms with van der Waals surface area (Å²) in [5.74, 6) is 0.539. The molecule has 0 saturated carbocycles. The minimum Gasteiger partial charge on any atom is -0.381 e. The van der Waals surface area contributed by atoms with Gasteiger partial charge in [0.25, 0.3) is 0 Å². The number of rotatable bonds is 7. The van der Waals surface area contributed by atoms with Gasteiger partial charge < -0.3 is 19.7 Å². The molecule has 1 N–H and O–H groups in total. The van der Waals surface area contributed by atoms with Crippen LogP contribution >= 0.6 is 24.0 Å². The van der Waals surface area contributed by atoms with E-state index in [4.69, 9.17) is 9.47 Å². The third-order valence-corrected chi connectivity index (χ3v) is 4.98. The maximum atomic E-state index is 13.4. The van der Waals surface area contributed by atoms with E-state index >= 15 is 0 Å². The van der Waals surface area contributed by atoms with Crippen molar-refractivity contribution in [1.29, 1.82) is 0 Å². The number of nitrogens with zero attached hydrogens (tertiary/aromatic N) is 2. The van der Waals surface area contributed by atoms with Gasteiger partial charge in [-0.3, -0.25) is 4.99 Å². The van der Waals surface area contributed by atoms with E-state index in [0.717, 1.165) is 37.6 Å². The zero-order valence-electron chi connectivity index (χ0n) is 17.6. The fourth-order valence-corrected chi connectivity index (χ4v) is 3.44. The second-order valence-electron chi connectivity index (χ2n) is 7.33. The van der Waals surface area contributed by atoms with Crippen LogP contribution in [0.1, 0.15) is 29.5 Å². The van der Waals surface area contributed by atoms with Crippen LogP contribution < -0.4 is 5.32 Å². The number of hydrogen-bond acceptors (Lipinski definition) is 3. The van der Waals surface area contributed by atoms with Gasteiger partial charge in [-0.15, -0.1) is 24.0 Å². The van der Waals surface area contributed by atoms with Gasteiger partial charge in [0.15, 0.2) is 5.96 Å². The van der Waals surface area contributed by atoms with Crippen LogP contribution in [0.4, 0.5) is 4.39 Å². The molecule has 1 heterocycles. The van der Waals surface area contributed by atoms with Crippen molar-refractivity contribution in [3.8, 4) is 0 Å². The monoisotopic (exact) mass is 527 g/mol. The Kier molecular flexibility index (Phi) is 10.5. The molecule has 0 unspecified atom stereocenters. The van der Waals surface area contributed by atoms with Crippen molar-refractivity contribution in [2.45, 2.75) is 38.6 Å². The maximum absolute atomic E-state index is 13.4. The molecule has 1 saturated heterocycles. The lowest BCUT2D eigenvalue weighted by molar-refractivity contribution is -0.0390. The van der Waals surface area contributed by atoms with Crippen LogP contribution in [-0.4, -0.2) is 44.3 Å². The highest BCUT2D eigenvalue weighted by Gasteiger charge is 2.14. The van der Waals surface area contributed by atoms with Crippen LogP contribution in [0.2, 0.25) is 0 Å². The average molecular weight is 527 g/mol. The molecule has 1 aliphatic rings. The lowest BCUT2D eigenvalue weighted by atomic mass is 10.1. The second-order valence-corrected chi connectivity index (χ2v) is 7.33. The highest BCUT2D eigenvalue weighted by Crippen LogP contribution is 2.14. The summed E-state index contributed by atoms with van der Waals surface area (Å²) in [4.78, 5) is 6.32. The summed E-state index contributed by atoms with van der Waals surface area (Å²) in [6.07, 6.45) is 2.23. The molecule has 2 aromatic rings. The van der Waals surface area contributed by atoms with Crippen molar-refractivity contribution in [1.82, 2.24) is 10.2 Å². The summed E-state index contributed by atoms with van der Waals surface area (Å²) in [6.45, 7) is 3.43. The SMILES string of the molecule is CN=C(NCc1cccc(COC2CCOCC2)c1)N(C)Cc1cccc(F)c1.I. The van der Waals surface area contributed by atoms with E-state index in [9.17, 15) is 4.39 Å². The van der Waals surface area contributed by atoms with Gasteiger partial charge in [-0.25, -0.2) is 4.39 Å². The van der Waals surface area contributed by atoms with Crippen molar-refractivity contribution in [2.75, 3.05) is 27.3 Å². The first kappa shape index (κ1) is 24.6. The lowest BCUT2D eigenvalue weighted by Crippen LogP contribution is -2.38. The molecular formula is C23H31FIN3O2. The van der Waals surface area contributed by atoms with Crippen molar-refractivity contribution in [2.24, 2.45) is 4.99 Å². The first-order chi connectivity index (χ1) is 14.1. The molecule has 5 nitrogen and oxygen atoms in total. The van der Waals surface area contributed by atoms with Gasteiger partial charge in [-0.05, 0) is 41.7 Å². The first-order valence-corrected chi connectivity index (χ1v) is 10.1. The molecule has 0 aromatic heterocycles. The topological polar surface area (TPSA) is 46.1 Å². The van der Waals surface area contributed by atoms with E-state index in [1.165, 1.54) is 17.2 Å². The van der Waals surface area contributed by atoms with Crippen LogP contribution in [0.25, 0.3) is 0 Å². The minimum atomic E-state index is -0.223. The highest BCUT2D eigenvalue weighted by molar-refractivity contribution is 14.0. The normalized spacial score (nSPS) is 14.8. The zero-order valence-corrected chi connectivity index (χ0v) is 20.0. The first-order valence-electron chi connectivity index (χ1n) is 10.1. The van der Waals surface area contributed by atoms with Gasteiger partial charge in [0.1, 0.15) is 5.82 Å². The summed E-state index contributed by atoms with van der Waals surface area (Å²) in [6, 6.07) is 15.0. The Hall–Kier alpha value is -1.71. The number of hydrogen-bond donors (Lipinski definition) is 1. The van der Waals surface area contributed by atoms with E-state index in [2.05, 4.69) is 34.6 Å². The molecular weight excluding hydrogens is 496 g/mol. The van der Waals surface area contributed by atoms with E-state index in [0.29, 0.717) is 25.8 Å². The predicted octanol–water partition coefficient (Wildman–Crippen LogP) is 4.35. The van der Waals surface area contributed by atoms with Crippen LogP contribution in [0.3, 0.4) is 0 Å². The molecule has 30 heavy (non-hydrogen) atoms. The third-order valence-electron chi connectivity index (χ3n) is 4.98. The smallest absolute Gasteiger partial charge is 0.193 e. The summed E-state index contributed by atoms with van der Waals surface area (Å²) >= 11 is 0. The maximum Gasteiger partial charge on any atom is 0.193 e. The number of guanidine groups is 1. The standard InChI is InChI=1S/C23H30FN3O2.HI/c1-25-23(27(2)16-19-6-4-8-21(24)14-19)26-15-18-5-3-7-20(13-18)17-29-22-9-11-28-12-10-22;/h3-8,13-14,22H,9-12,15-17H2,1-2H3,(H,25,26);1H. The average Bonchev–Trinajstić information content (AvgIpc) is 2.74. The van der Waals surface area contributed by atoms with Gasteiger partial charge in [0, 0.05) is 40.4 Å². The van der Waals surface area contributed by atoms with Crippen molar-refractivity contribution >= 4 is 29.9 Å². The molecule has 1 aliphatic heterocycles. The Morgan fingerprint density at radius 1 is 1.13 bits per heavy atom. The Bertz CT molecular complexity index is 813. The fourth-order valence-electron chi connectivity index (χ4n) is 3.44. The molecule has 0 amide bonds. The summed E-state index contributed by atoms with van der Waals surface area (Å²) in [5.41, 5.74) is 3.24.